The first kappa shape index (κ1) is 12.2. The Morgan fingerprint density at radius 3 is 2.22 bits per heavy atom. The monoisotopic (exact) mass is 240 g/mol. The number of allylic oxidation sites excluding steroid dienone is 1. The molecule has 0 saturated carbocycles. The van der Waals surface area contributed by atoms with Gasteiger partial charge >= 0.3 is 0 Å². The van der Waals surface area contributed by atoms with Crippen molar-refractivity contribution in [2.24, 2.45) is 0 Å². The second kappa shape index (κ2) is 6.50. The van der Waals surface area contributed by atoms with Crippen LogP contribution >= 0.6 is 0 Å². The molecule has 0 aromatic heterocycles. The standard InChI is InChI=1S/C16H16O2/c1-2-12-17-15-8-10-16(11-9-15)18-13-14-6-4-3-5-7-14/h2-12H,13H2,1H3. The highest BCUT2D eigenvalue weighted by Crippen LogP contribution is 2.18. The van der Waals surface area contributed by atoms with E-state index in [1.54, 1.807) is 6.26 Å². The normalized spacial score (nSPS) is 10.5. The Morgan fingerprint density at radius 2 is 1.56 bits per heavy atom. The Morgan fingerprint density at radius 1 is 0.889 bits per heavy atom. The molecule has 0 fully saturated rings. The summed E-state index contributed by atoms with van der Waals surface area (Å²) >= 11 is 0. The molecule has 0 amide bonds. The van der Waals surface area contributed by atoms with Crippen LogP contribution in [0.3, 0.4) is 0 Å². The van der Waals surface area contributed by atoms with E-state index < -0.39 is 0 Å². The fourth-order valence-electron chi connectivity index (χ4n) is 1.50. The highest BCUT2D eigenvalue weighted by atomic mass is 16.5. The van der Waals surface area contributed by atoms with E-state index in [0.29, 0.717) is 6.61 Å². The predicted octanol–water partition coefficient (Wildman–Crippen LogP) is 4.18. The lowest BCUT2D eigenvalue weighted by molar-refractivity contribution is 0.306. The third-order valence-electron chi connectivity index (χ3n) is 2.41. The molecule has 2 heteroatoms. The molecule has 0 unspecified atom stereocenters. The number of rotatable bonds is 5. The Balaban J connectivity index is 1.90. The van der Waals surface area contributed by atoms with Crippen LogP contribution in [0.25, 0.3) is 0 Å². The SMILES string of the molecule is CC=COc1ccc(OCc2ccccc2)cc1. The molecule has 0 atom stereocenters. The van der Waals surface area contributed by atoms with Crippen molar-refractivity contribution in [2.75, 3.05) is 0 Å². The van der Waals surface area contributed by atoms with Crippen molar-refractivity contribution in [2.45, 2.75) is 13.5 Å². The Kier molecular flexibility index (Phi) is 4.42. The van der Waals surface area contributed by atoms with E-state index in [4.69, 9.17) is 9.47 Å². The summed E-state index contributed by atoms with van der Waals surface area (Å²) in [5.74, 6) is 1.65. The minimum Gasteiger partial charge on any atom is -0.489 e. The Hall–Kier alpha value is -2.22. The molecule has 0 N–H and O–H groups in total. The first-order valence-electron chi connectivity index (χ1n) is 5.93. The van der Waals surface area contributed by atoms with Gasteiger partial charge < -0.3 is 9.47 Å². The molecule has 2 nitrogen and oxygen atoms in total. The van der Waals surface area contributed by atoms with Gasteiger partial charge in [0.2, 0.25) is 0 Å². The fraction of sp³-hybridized carbons (Fsp3) is 0.125. The van der Waals surface area contributed by atoms with Gasteiger partial charge in [0.15, 0.2) is 0 Å². The molecule has 0 aliphatic heterocycles. The van der Waals surface area contributed by atoms with Gasteiger partial charge in [-0.3, -0.25) is 0 Å². The van der Waals surface area contributed by atoms with Gasteiger partial charge in [0.25, 0.3) is 0 Å². The molecule has 0 radical (unpaired) electrons. The van der Waals surface area contributed by atoms with Crippen molar-refractivity contribution in [3.05, 3.63) is 72.5 Å². The van der Waals surface area contributed by atoms with Crippen molar-refractivity contribution in [1.82, 2.24) is 0 Å². The highest BCUT2D eigenvalue weighted by molar-refractivity contribution is 5.32. The zero-order valence-corrected chi connectivity index (χ0v) is 10.4. The van der Waals surface area contributed by atoms with Crippen molar-refractivity contribution >= 4 is 0 Å². The number of hydrogen-bond acceptors (Lipinski definition) is 2. The molecule has 0 aliphatic rings. The third-order valence-corrected chi connectivity index (χ3v) is 2.41. The molecule has 2 aromatic carbocycles. The van der Waals surface area contributed by atoms with Crippen LogP contribution in [0.1, 0.15) is 12.5 Å². The average molecular weight is 240 g/mol. The summed E-state index contributed by atoms with van der Waals surface area (Å²) in [4.78, 5) is 0. The number of ether oxygens (including phenoxy) is 2. The molecule has 0 spiro atoms. The summed E-state index contributed by atoms with van der Waals surface area (Å²) in [5.41, 5.74) is 1.16. The van der Waals surface area contributed by atoms with Crippen molar-refractivity contribution in [3.63, 3.8) is 0 Å². The maximum absolute atomic E-state index is 5.68. The predicted molar refractivity (Wildman–Crippen MR) is 72.7 cm³/mol. The lowest BCUT2D eigenvalue weighted by Crippen LogP contribution is -1.94. The zero-order chi connectivity index (χ0) is 12.6. The van der Waals surface area contributed by atoms with E-state index in [9.17, 15) is 0 Å². The van der Waals surface area contributed by atoms with Crippen LogP contribution in [0.15, 0.2) is 66.9 Å². The van der Waals surface area contributed by atoms with Crippen molar-refractivity contribution in [1.29, 1.82) is 0 Å². The van der Waals surface area contributed by atoms with Crippen LogP contribution in [0.4, 0.5) is 0 Å². The Bertz CT molecular complexity index is 486. The van der Waals surface area contributed by atoms with Gasteiger partial charge in [-0.15, -0.1) is 0 Å². The van der Waals surface area contributed by atoms with Crippen LogP contribution in [0, 0.1) is 0 Å². The quantitative estimate of drug-likeness (QED) is 0.730. The lowest BCUT2D eigenvalue weighted by Gasteiger charge is -2.07. The van der Waals surface area contributed by atoms with Crippen molar-refractivity contribution in [3.8, 4) is 11.5 Å². The van der Waals surface area contributed by atoms with E-state index in [0.717, 1.165) is 17.1 Å². The van der Waals surface area contributed by atoms with E-state index in [2.05, 4.69) is 0 Å². The van der Waals surface area contributed by atoms with Crippen LogP contribution in [-0.2, 0) is 6.61 Å². The summed E-state index contributed by atoms with van der Waals surface area (Å²) in [6, 6.07) is 17.7. The molecule has 0 saturated heterocycles. The van der Waals surface area contributed by atoms with E-state index in [1.165, 1.54) is 0 Å². The fourth-order valence-corrected chi connectivity index (χ4v) is 1.50. The van der Waals surface area contributed by atoms with Gasteiger partial charge in [0, 0.05) is 0 Å². The molecule has 18 heavy (non-hydrogen) atoms. The smallest absolute Gasteiger partial charge is 0.126 e. The van der Waals surface area contributed by atoms with Gasteiger partial charge in [-0.2, -0.15) is 0 Å². The molecule has 2 aromatic rings. The second-order valence-electron chi connectivity index (χ2n) is 3.83. The first-order chi connectivity index (χ1) is 8.88. The number of hydrogen-bond donors (Lipinski definition) is 0. The van der Waals surface area contributed by atoms with E-state index in [1.807, 2.05) is 67.6 Å². The lowest BCUT2D eigenvalue weighted by atomic mass is 10.2. The zero-order valence-electron chi connectivity index (χ0n) is 10.4. The van der Waals surface area contributed by atoms with Gasteiger partial charge in [0.05, 0.1) is 6.26 Å². The van der Waals surface area contributed by atoms with Gasteiger partial charge in [0.1, 0.15) is 18.1 Å². The molecular weight excluding hydrogens is 224 g/mol. The van der Waals surface area contributed by atoms with Gasteiger partial charge in [-0.05, 0) is 36.8 Å². The molecular formula is C16H16O2. The molecule has 92 valence electrons. The molecule has 0 heterocycles. The minimum atomic E-state index is 0.579. The van der Waals surface area contributed by atoms with Crippen LogP contribution in [0.2, 0.25) is 0 Å². The summed E-state index contributed by atoms with van der Waals surface area (Å²) < 4.78 is 11.0. The van der Waals surface area contributed by atoms with E-state index >= 15 is 0 Å². The molecule has 0 aliphatic carbocycles. The van der Waals surface area contributed by atoms with Crippen molar-refractivity contribution < 1.29 is 9.47 Å². The van der Waals surface area contributed by atoms with Crippen LogP contribution in [-0.4, -0.2) is 0 Å². The topological polar surface area (TPSA) is 18.5 Å². The average Bonchev–Trinajstić information content (AvgIpc) is 2.45. The van der Waals surface area contributed by atoms with Crippen LogP contribution in [0.5, 0.6) is 11.5 Å². The van der Waals surface area contributed by atoms with Gasteiger partial charge in [-0.25, -0.2) is 0 Å². The third kappa shape index (κ3) is 3.67. The molecule has 0 bridgehead atoms. The first-order valence-corrected chi connectivity index (χ1v) is 5.93. The highest BCUT2D eigenvalue weighted by Gasteiger charge is 1.96. The van der Waals surface area contributed by atoms with Gasteiger partial charge in [-0.1, -0.05) is 36.4 Å². The second-order valence-corrected chi connectivity index (χ2v) is 3.83. The summed E-state index contributed by atoms with van der Waals surface area (Å²) in [7, 11) is 0. The Labute approximate surface area is 107 Å². The minimum absolute atomic E-state index is 0.579. The number of benzene rings is 2. The van der Waals surface area contributed by atoms with E-state index in [-0.39, 0.29) is 0 Å². The molecule has 2 rings (SSSR count). The maximum atomic E-state index is 5.68. The maximum Gasteiger partial charge on any atom is 0.126 e. The summed E-state index contributed by atoms with van der Waals surface area (Å²) in [6.07, 6.45) is 3.50. The summed E-state index contributed by atoms with van der Waals surface area (Å²) in [6.45, 7) is 2.49. The largest absolute Gasteiger partial charge is 0.489 e. The summed E-state index contributed by atoms with van der Waals surface area (Å²) in [5, 5.41) is 0. The van der Waals surface area contributed by atoms with Crippen LogP contribution < -0.4 is 9.47 Å².